The Hall–Kier alpha value is -1.62. The smallest absolute Gasteiger partial charge is 0.242 e. The lowest BCUT2D eigenvalue weighted by Crippen LogP contribution is -2.54. The third-order valence-corrected chi connectivity index (χ3v) is 3.31. The molecule has 5 heteroatoms. The molecule has 0 saturated carbocycles. The number of carbonyl (C=O) groups is 1. The monoisotopic (exact) mass is 251 g/mol. The van der Waals surface area contributed by atoms with E-state index in [2.05, 4.69) is 5.32 Å². The summed E-state index contributed by atoms with van der Waals surface area (Å²) in [7, 11) is 0. The number of hydrogen-bond donors (Lipinski definition) is 2. The number of benzene rings is 1. The fraction of sp³-hybridized carbons (Fsp3) is 0.462. The maximum Gasteiger partial charge on any atom is 0.242 e. The molecule has 98 valence electrons. The van der Waals surface area contributed by atoms with Crippen molar-refractivity contribution in [1.29, 1.82) is 0 Å². The second-order valence-corrected chi connectivity index (χ2v) is 4.66. The van der Waals surface area contributed by atoms with E-state index in [1.165, 1.54) is 6.07 Å². The van der Waals surface area contributed by atoms with E-state index < -0.39 is 0 Å². The SMILES string of the molecule is CC1C(=O)NCCN1c1ccc([C@@H](C)N)cc1F. The number of rotatable bonds is 2. The van der Waals surface area contributed by atoms with Gasteiger partial charge in [-0.3, -0.25) is 4.79 Å². The van der Waals surface area contributed by atoms with Crippen LogP contribution in [0.1, 0.15) is 25.5 Å². The third kappa shape index (κ3) is 2.31. The van der Waals surface area contributed by atoms with Crippen LogP contribution < -0.4 is 16.0 Å². The molecular weight excluding hydrogens is 233 g/mol. The lowest BCUT2D eigenvalue weighted by Gasteiger charge is -2.35. The van der Waals surface area contributed by atoms with Crippen LogP contribution in [0.2, 0.25) is 0 Å². The van der Waals surface area contributed by atoms with Crippen LogP contribution >= 0.6 is 0 Å². The Morgan fingerprint density at radius 1 is 1.56 bits per heavy atom. The highest BCUT2D eigenvalue weighted by molar-refractivity contribution is 5.86. The van der Waals surface area contributed by atoms with Gasteiger partial charge in [-0.05, 0) is 31.5 Å². The summed E-state index contributed by atoms with van der Waals surface area (Å²) in [4.78, 5) is 13.3. The molecule has 0 spiro atoms. The molecule has 3 N–H and O–H groups in total. The minimum atomic E-state index is -0.352. The van der Waals surface area contributed by atoms with Gasteiger partial charge in [0.1, 0.15) is 11.9 Å². The van der Waals surface area contributed by atoms with E-state index >= 15 is 0 Å². The zero-order chi connectivity index (χ0) is 13.3. The number of hydrogen-bond acceptors (Lipinski definition) is 3. The van der Waals surface area contributed by atoms with Crippen molar-refractivity contribution in [3.05, 3.63) is 29.6 Å². The van der Waals surface area contributed by atoms with Crippen LogP contribution in [0.5, 0.6) is 0 Å². The van der Waals surface area contributed by atoms with Crippen molar-refractivity contribution in [2.75, 3.05) is 18.0 Å². The van der Waals surface area contributed by atoms with E-state index in [1.54, 1.807) is 17.9 Å². The second kappa shape index (κ2) is 4.94. The molecule has 0 radical (unpaired) electrons. The topological polar surface area (TPSA) is 58.4 Å². The van der Waals surface area contributed by atoms with Crippen molar-refractivity contribution in [3.63, 3.8) is 0 Å². The van der Waals surface area contributed by atoms with Crippen LogP contribution in [0.3, 0.4) is 0 Å². The van der Waals surface area contributed by atoms with Crippen LogP contribution in [0, 0.1) is 5.82 Å². The molecule has 2 atom stereocenters. The summed E-state index contributed by atoms with van der Waals surface area (Å²) in [6.07, 6.45) is 0. The summed E-state index contributed by atoms with van der Waals surface area (Å²) < 4.78 is 14.1. The molecule has 1 unspecified atom stereocenters. The Labute approximate surface area is 106 Å². The van der Waals surface area contributed by atoms with E-state index in [-0.39, 0.29) is 23.8 Å². The Balaban J connectivity index is 2.30. The first-order chi connectivity index (χ1) is 8.50. The minimum absolute atomic E-state index is 0.0723. The number of nitrogens with zero attached hydrogens (tertiary/aromatic N) is 1. The second-order valence-electron chi connectivity index (χ2n) is 4.66. The number of piperazine rings is 1. The van der Waals surface area contributed by atoms with Gasteiger partial charge >= 0.3 is 0 Å². The summed E-state index contributed by atoms with van der Waals surface area (Å²) in [6, 6.07) is 4.40. The molecular formula is C13H18FN3O. The first-order valence-electron chi connectivity index (χ1n) is 6.10. The molecule has 1 aromatic carbocycles. The number of amides is 1. The average molecular weight is 251 g/mol. The molecule has 1 aromatic rings. The number of anilines is 1. The van der Waals surface area contributed by atoms with Crippen molar-refractivity contribution in [3.8, 4) is 0 Å². The van der Waals surface area contributed by atoms with Crippen molar-refractivity contribution in [2.24, 2.45) is 5.73 Å². The highest BCUT2D eigenvalue weighted by Crippen LogP contribution is 2.25. The number of halogens is 1. The van der Waals surface area contributed by atoms with Gasteiger partial charge in [-0.2, -0.15) is 0 Å². The summed E-state index contributed by atoms with van der Waals surface area (Å²) in [6.45, 7) is 4.73. The van der Waals surface area contributed by atoms with E-state index in [4.69, 9.17) is 5.73 Å². The van der Waals surface area contributed by atoms with Crippen LogP contribution in [0.4, 0.5) is 10.1 Å². The Kier molecular flexibility index (Phi) is 3.52. The molecule has 0 aromatic heterocycles. The van der Waals surface area contributed by atoms with E-state index in [1.807, 2.05) is 13.0 Å². The third-order valence-electron chi connectivity index (χ3n) is 3.31. The zero-order valence-electron chi connectivity index (χ0n) is 10.6. The molecule has 4 nitrogen and oxygen atoms in total. The van der Waals surface area contributed by atoms with Gasteiger partial charge in [0.05, 0.1) is 5.69 Å². The summed E-state index contributed by atoms with van der Waals surface area (Å²) in [5.74, 6) is -0.400. The summed E-state index contributed by atoms with van der Waals surface area (Å²) in [5.41, 5.74) is 6.93. The molecule has 0 bridgehead atoms. The lowest BCUT2D eigenvalue weighted by molar-refractivity contribution is -0.122. The molecule has 1 heterocycles. The normalized spacial score (nSPS) is 21.7. The van der Waals surface area contributed by atoms with Crippen LogP contribution in [-0.2, 0) is 4.79 Å². The van der Waals surface area contributed by atoms with Gasteiger partial charge in [-0.1, -0.05) is 6.07 Å². The predicted molar refractivity (Wildman–Crippen MR) is 68.8 cm³/mol. The van der Waals surface area contributed by atoms with Crippen molar-refractivity contribution >= 4 is 11.6 Å². The maximum absolute atomic E-state index is 14.1. The molecule has 0 aliphatic carbocycles. The molecule has 1 saturated heterocycles. The van der Waals surface area contributed by atoms with Crippen molar-refractivity contribution < 1.29 is 9.18 Å². The molecule has 1 fully saturated rings. The fourth-order valence-corrected chi connectivity index (χ4v) is 2.15. The van der Waals surface area contributed by atoms with E-state index in [0.29, 0.717) is 18.8 Å². The van der Waals surface area contributed by atoms with Gasteiger partial charge in [-0.15, -0.1) is 0 Å². The molecule has 18 heavy (non-hydrogen) atoms. The summed E-state index contributed by atoms with van der Waals surface area (Å²) in [5, 5.41) is 2.76. The first kappa shape index (κ1) is 12.8. The minimum Gasteiger partial charge on any atom is -0.356 e. The van der Waals surface area contributed by atoms with Crippen LogP contribution in [0.25, 0.3) is 0 Å². The molecule has 1 aliphatic heterocycles. The summed E-state index contributed by atoms with van der Waals surface area (Å²) >= 11 is 0. The van der Waals surface area contributed by atoms with Gasteiger partial charge in [0.2, 0.25) is 5.91 Å². The lowest BCUT2D eigenvalue weighted by atomic mass is 10.1. The highest BCUT2D eigenvalue weighted by atomic mass is 19.1. The van der Waals surface area contributed by atoms with Crippen LogP contribution in [0.15, 0.2) is 18.2 Å². The number of nitrogens with two attached hydrogens (primary N) is 1. The van der Waals surface area contributed by atoms with Gasteiger partial charge in [0.25, 0.3) is 0 Å². The van der Waals surface area contributed by atoms with Gasteiger partial charge < -0.3 is 16.0 Å². The van der Waals surface area contributed by atoms with Gasteiger partial charge in [0, 0.05) is 19.1 Å². The Morgan fingerprint density at radius 2 is 2.28 bits per heavy atom. The van der Waals surface area contributed by atoms with Crippen molar-refractivity contribution in [1.82, 2.24) is 5.32 Å². The standard InChI is InChI=1S/C13H18FN3O/c1-8(15)10-3-4-12(11(14)7-10)17-6-5-16-13(18)9(17)2/h3-4,7-9H,5-6,15H2,1-2H3,(H,16,18)/t8-,9?/m1/s1. The predicted octanol–water partition coefficient (Wildman–Crippen LogP) is 1.17. The van der Waals surface area contributed by atoms with Gasteiger partial charge in [-0.25, -0.2) is 4.39 Å². The van der Waals surface area contributed by atoms with E-state index in [0.717, 1.165) is 5.56 Å². The quantitative estimate of drug-likeness (QED) is 0.829. The maximum atomic E-state index is 14.1. The molecule has 2 rings (SSSR count). The highest BCUT2D eigenvalue weighted by Gasteiger charge is 2.27. The molecule has 1 aliphatic rings. The average Bonchev–Trinajstić information content (AvgIpc) is 2.33. The van der Waals surface area contributed by atoms with Crippen LogP contribution in [-0.4, -0.2) is 25.0 Å². The zero-order valence-corrected chi connectivity index (χ0v) is 10.6. The fourth-order valence-electron chi connectivity index (χ4n) is 2.15. The number of nitrogens with one attached hydrogen (secondary N) is 1. The Morgan fingerprint density at radius 3 is 2.89 bits per heavy atom. The van der Waals surface area contributed by atoms with E-state index in [9.17, 15) is 9.18 Å². The number of carbonyl (C=O) groups excluding carboxylic acids is 1. The van der Waals surface area contributed by atoms with Crippen molar-refractivity contribution in [2.45, 2.75) is 25.9 Å². The molecule has 1 amide bonds. The Bertz CT molecular complexity index is 462. The van der Waals surface area contributed by atoms with Gasteiger partial charge in [0.15, 0.2) is 0 Å². The largest absolute Gasteiger partial charge is 0.356 e. The first-order valence-corrected chi connectivity index (χ1v) is 6.10.